The fraction of sp³-hybridized carbons (Fsp3) is 0.0455. The maximum absolute atomic E-state index is 13.7. The Morgan fingerprint density at radius 1 is 0.862 bits per heavy atom. The van der Waals surface area contributed by atoms with Gasteiger partial charge in [0.2, 0.25) is 9.84 Å². The van der Waals surface area contributed by atoms with E-state index in [4.69, 9.17) is 0 Å². The molecule has 0 unspecified atom stereocenters. The topological polar surface area (TPSA) is 63.2 Å². The van der Waals surface area contributed by atoms with Crippen molar-refractivity contribution in [1.29, 1.82) is 0 Å². The van der Waals surface area contributed by atoms with Crippen LogP contribution < -0.4 is 5.32 Å². The molecule has 7 heteroatoms. The summed E-state index contributed by atoms with van der Waals surface area (Å²) in [5.74, 6) is -1.64. The molecule has 0 aromatic heterocycles. The zero-order chi connectivity index (χ0) is 21.0. The molecule has 4 nitrogen and oxygen atoms in total. The van der Waals surface area contributed by atoms with Gasteiger partial charge in [0.25, 0.3) is 5.91 Å². The molecule has 3 aromatic carbocycles. The third-order valence-corrected chi connectivity index (χ3v) is 6.05. The van der Waals surface area contributed by atoms with E-state index < -0.39 is 21.5 Å². The Kier molecular flexibility index (Phi) is 5.89. The van der Waals surface area contributed by atoms with Gasteiger partial charge >= 0.3 is 0 Å². The van der Waals surface area contributed by atoms with Crippen LogP contribution in [-0.4, -0.2) is 21.4 Å². The van der Waals surface area contributed by atoms with Crippen LogP contribution in [0, 0.1) is 11.6 Å². The largest absolute Gasteiger partial charge is 0.355 e. The van der Waals surface area contributed by atoms with Gasteiger partial charge in [-0.2, -0.15) is 0 Å². The van der Waals surface area contributed by atoms with Crippen molar-refractivity contribution < 1.29 is 22.0 Å². The number of halogens is 2. The Morgan fingerprint density at radius 3 is 2.00 bits per heavy atom. The smallest absolute Gasteiger partial charge is 0.251 e. The normalized spacial score (nSPS) is 11.6. The molecular formula is C22H17F2NO3S. The van der Waals surface area contributed by atoms with Gasteiger partial charge in [0.1, 0.15) is 11.6 Å². The van der Waals surface area contributed by atoms with Crippen molar-refractivity contribution in [2.75, 3.05) is 7.05 Å². The molecule has 0 bridgehead atoms. The summed E-state index contributed by atoms with van der Waals surface area (Å²) in [4.78, 5) is 11.7. The summed E-state index contributed by atoms with van der Waals surface area (Å²) in [6, 6.07) is 15.0. The Balaban J connectivity index is 1.81. The highest BCUT2D eigenvalue weighted by atomic mass is 32.2. The van der Waals surface area contributed by atoms with E-state index in [0.29, 0.717) is 11.1 Å². The first kappa shape index (κ1) is 20.4. The molecule has 0 radical (unpaired) electrons. The van der Waals surface area contributed by atoms with Gasteiger partial charge in [0.05, 0.1) is 9.79 Å². The number of sulfone groups is 1. The third kappa shape index (κ3) is 4.57. The second kappa shape index (κ2) is 8.36. The van der Waals surface area contributed by atoms with E-state index in [-0.39, 0.29) is 21.3 Å². The summed E-state index contributed by atoms with van der Waals surface area (Å²) in [5, 5.41) is 2.47. The van der Waals surface area contributed by atoms with Crippen molar-refractivity contribution in [3.8, 4) is 0 Å². The molecule has 3 rings (SSSR count). The highest BCUT2D eigenvalue weighted by molar-refractivity contribution is 7.91. The predicted octanol–water partition coefficient (Wildman–Crippen LogP) is 4.33. The molecule has 0 aliphatic heterocycles. The van der Waals surface area contributed by atoms with E-state index in [9.17, 15) is 22.0 Å². The van der Waals surface area contributed by atoms with Gasteiger partial charge < -0.3 is 5.32 Å². The zero-order valence-corrected chi connectivity index (χ0v) is 16.2. The summed E-state index contributed by atoms with van der Waals surface area (Å²) >= 11 is 0. The monoisotopic (exact) mass is 413 g/mol. The van der Waals surface area contributed by atoms with Crippen LogP contribution in [0.5, 0.6) is 0 Å². The molecule has 0 aliphatic rings. The van der Waals surface area contributed by atoms with E-state index >= 15 is 0 Å². The maximum atomic E-state index is 13.7. The van der Waals surface area contributed by atoms with E-state index in [1.54, 1.807) is 18.2 Å². The van der Waals surface area contributed by atoms with Crippen molar-refractivity contribution in [2.24, 2.45) is 0 Å². The summed E-state index contributed by atoms with van der Waals surface area (Å²) in [6.07, 6.45) is 3.08. The minimum atomic E-state index is -3.74. The Morgan fingerprint density at radius 2 is 1.45 bits per heavy atom. The molecule has 29 heavy (non-hydrogen) atoms. The molecule has 3 aromatic rings. The first-order valence-corrected chi connectivity index (χ1v) is 10.1. The summed E-state index contributed by atoms with van der Waals surface area (Å²) < 4.78 is 52.1. The van der Waals surface area contributed by atoms with Gasteiger partial charge in [-0.15, -0.1) is 0 Å². The molecule has 148 valence electrons. The second-order valence-corrected chi connectivity index (χ2v) is 8.12. The predicted molar refractivity (Wildman–Crippen MR) is 107 cm³/mol. The number of amides is 1. The van der Waals surface area contributed by atoms with Gasteiger partial charge in [-0.1, -0.05) is 24.3 Å². The van der Waals surface area contributed by atoms with Crippen molar-refractivity contribution in [3.05, 3.63) is 95.1 Å². The molecule has 0 heterocycles. The molecule has 0 spiro atoms. The quantitative estimate of drug-likeness (QED) is 0.634. The highest BCUT2D eigenvalue weighted by Crippen LogP contribution is 2.22. The van der Waals surface area contributed by atoms with Crippen LogP contribution >= 0.6 is 0 Å². The summed E-state index contributed by atoms with van der Waals surface area (Å²) in [6.45, 7) is 0. The Hall–Kier alpha value is -3.32. The van der Waals surface area contributed by atoms with Gasteiger partial charge in [-0.3, -0.25) is 4.79 Å². The Bertz CT molecular complexity index is 1170. The van der Waals surface area contributed by atoms with Crippen molar-refractivity contribution in [2.45, 2.75) is 9.79 Å². The van der Waals surface area contributed by atoms with Crippen LogP contribution in [-0.2, 0) is 9.84 Å². The third-order valence-electron chi connectivity index (χ3n) is 4.26. The minimum absolute atomic E-state index is 0.0711. The van der Waals surface area contributed by atoms with Gasteiger partial charge in [0, 0.05) is 24.2 Å². The van der Waals surface area contributed by atoms with E-state index in [2.05, 4.69) is 5.32 Å². The standard InChI is InChI=1S/C22H17F2NO3S/c1-25-22(26)17-7-12-20(13-8-17)29(27,28)19-10-3-15(4-11-19)2-5-16-6-9-18(23)14-21(16)24/h2-14H,1H3,(H,25,26). The second-order valence-electron chi connectivity index (χ2n) is 6.18. The first-order valence-electron chi connectivity index (χ1n) is 8.62. The molecule has 0 saturated carbocycles. The van der Waals surface area contributed by atoms with E-state index in [1.807, 2.05) is 0 Å². The summed E-state index contributed by atoms with van der Waals surface area (Å²) in [5.41, 5.74) is 1.24. The van der Waals surface area contributed by atoms with Crippen molar-refractivity contribution in [1.82, 2.24) is 5.32 Å². The van der Waals surface area contributed by atoms with Crippen LogP contribution in [0.4, 0.5) is 8.78 Å². The molecule has 0 saturated heterocycles. The van der Waals surface area contributed by atoms with Crippen LogP contribution in [0.1, 0.15) is 21.5 Å². The maximum Gasteiger partial charge on any atom is 0.251 e. The lowest BCUT2D eigenvalue weighted by Crippen LogP contribution is -2.17. The number of hydrogen-bond donors (Lipinski definition) is 1. The van der Waals surface area contributed by atoms with Gasteiger partial charge in [-0.25, -0.2) is 17.2 Å². The van der Waals surface area contributed by atoms with Crippen LogP contribution in [0.25, 0.3) is 12.2 Å². The first-order chi connectivity index (χ1) is 13.8. The fourth-order valence-electron chi connectivity index (χ4n) is 2.65. The van der Waals surface area contributed by atoms with Crippen molar-refractivity contribution in [3.63, 3.8) is 0 Å². The van der Waals surface area contributed by atoms with E-state index in [0.717, 1.165) is 12.1 Å². The summed E-state index contributed by atoms with van der Waals surface area (Å²) in [7, 11) is -2.25. The number of carbonyl (C=O) groups is 1. The Labute approximate surface area is 167 Å². The molecule has 0 atom stereocenters. The number of rotatable bonds is 5. The lowest BCUT2D eigenvalue weighted by Gasteiger charge is -2.06. The zero-order valence-electron chi connectivity index (χ0n) is 15.4. The van der Waals surface area contributed by atoms with Crippen LogP contribution in [0.3, 0.4) is 0 Å². The minimum Gasteiger partial charge on any atom is -0.355 e. The van der Waals surface area contributed by atoms with Crippen LogP contribution in [0.15, 0.2) is 76.5 Å². The SMILES string of the molecule is CNC(=O)c1ccc(S(=O)(=O)c2ccc(C=Cc3ccc(F)cc3F)cc2)cc1. The molecule has 0 fully saturated rings. The van der Waals surface area contributed by atoms with Gasteiger partial charge in [0.15, 0.2) is 0 Å². The average molecular weight is 413 g/mol. The molecular weight excluding hydrogens is 396 g/mol. The fourth-order valence-corrected chi connectivity index (χ4v) is 3.91. The number of nitrogens with one attached hydrogen (secondary N) is 1. The average Bonchev–Trinajstić information content (AvgIpc) is 2.73. The van der Waals surface area contributed by atoms with Crippen LogP contribution in [0.2, 0.25) is 0 Å². The highest BCUT2D eigenvalue weighted by Gasteiger charge is 2.17. The van der Waals surface area contributed by atoms with Gasteiger partial charge in [-0.05, 0) is 54.1 Å². The molecule has 0 aliphatic carbocycles. The number of hydrogen-bond acceptors (Lipinski definition) is 3. The number of benzene rings is 3. The molecule has 1 N–H and O–H groups in total. The van der Waals surface area contributed by atoms with E-state index in [1.165, 1.54) is 55.6 Å². The lowest BCUT2D eigenvalue weighted by atomic mass is 10.1. The lowest BCUT2D eigenvalue weighted by molar-refractivity contribution is 0.0963. The number of carbonyl (C=O) groups excluding carboxylic acids is 1. The van der Waals surface area contributed by atoms with Crippen molar-refractivity contribution >= 4 is 27.9 Å². The molecule has 1 amide bonds.